The summed E-state index contributed by atoms with van der Waals surface area (Å²) in [5.41, 5.74) is 1.13. The van der Waals surface area contributed by atoms with Crippen molar-refractivity contribution in [1.82, 2.24) is 9.97 Å². The quantitative estimate of drug-likeness (QED) is 0.580. The van der Waals surface area contributed by atoms with Crippen LogP contribution in [0.4, 0.5) is 5.95 Å². The molecule has 0 amide bonds. The number of nitriles is 1. The third kappa shape index (κ3) is 2.42. The van der Waals surface area contributed by atoms with Crippen molar-refractivity contribution in [3.8, 4) is 6.19 Å². The minimum absolute atomic E-state index is 0.355. The number of hydrogen-bond acceptors (Lipinski definition) is 5. The molecule has 2 rings (SSSR count). The molecule has 0 saturated carbocycles. The molecule has 1 aromatic heterocycles. The van der Waals surface area contributed by atoms with Gasteiger partial charge in [-0.05, 0) is 24.3 Å². The Labute approximate surface area is 88.1 Å². The lowest BCUT2D eigenvalue weighted by Crippen LogP contribution is -2.14. The van der Waals surface area contributed by atoms with E-state index in [2.05, 4.69) is 15.3 Å². The molecule has 5 nitrogen and oxygen atoms in total. The van der Waals surface area contributed by atoms with Crippen molar-refractivity contribution < 1.29 is 4.74 Å². The number of hydrogen-bond donors (Lipinski definition) is 1. The van der Waals surface area contributed by atoms with Gasteiger partial charge in [0.25, 0.3) is 0 Å². The summed E-state index contributed by atoms with van der Waals surface area (Å²) in [6.07, 6.45) is 7.39. The van der Waals surface area contributed by atoms with E-state index < -0.39 is 0 Å². The fraction of sp³-hybridized carbons (Fsp3) is 0.500. The van der Waals surface area contributed by atoms with Crippen molar-refractivity contribution in [2.24, 2.45) is 0 Å². The monoisotopic (exact) mass is 204 g/mol. The molecule has 78 valence electrons. The summed E-state index contributed by atoms with van der Waals surface area (Å²) in [5.74, 6) is 0.850. The van der Waals surface area contributed by atoms with Gasteiger partial charge >= 0.3 is 0 Å². The molecule has 1 aromatic rings. The van der Waals surface area contributed by atoms with Crippen molar-refractivity contribution in [3.63, 3.8) is 0 Å². The number of nitrogens with one attached hydrogen (secondary N) is 1. The molecule has 0 aliphatic carbocycles. The SMILES string of the molecule is N#CNc1ncc(C2CCOCC2)cn1. The van der Waals surface area contributed by atoms with E-state index in [9.17, 15) is 0 Å². The summed E-state index contributed by atoms with van der Waals surface area (Å²) >= 11 is 0. The molecule has 0 unspecified atom stereocenters. The second kappa shape index (κ2) is 4.71. The number of ether oxygens (including phenoxy) is 1. The summed E-state index contributed by atoms with van der Waals surface area (Å²) in [5, 5.41) is 10.8. The van der Waals surface area contributed by atoms with Crippen molar-refractivity contribution in [2.75, 3.05) is 18.5 Å². The molecule has 2 heterocycles. The van der Waals surface area contributed by atoms with Crippen LogP contribution in [-0.4, -0.2) is 23.2 Å². The molecule has 15 heavy (non-hydrogen) atoms. The standard InChI is InChI=1S/C10H12N4O/c11-7-14-10-12-5-9(6-13-10)8-1-3-15-4-2-8/h5-6,8H,1-4H2,(H,12,13,14). The lowest BCUT2D eigenvalue weighted by atomic mass is 9.94. The van der Waals surface area contributed by atoms with Gasteiger partial charge in [0, 0.05) is 25.6 Å². The maximum Gasteiger partial charge on any atom is 0.236 e. The van der Waals surface area contributed by atoms with Crippen LogP contribution in [0.5, 0.6) is 0 Å². The van der Waals surface area contributed by atoms with Crippen molar-refractivity contribution in [1.29, 1.82) is 5.26 Å². The van der Waals surface area contributed by atoms with Gasteiger partial charge in [0.15, 0.2) is 6.19 Å². The summed E-state index contributed by atoms with van der Waals surface area (Å²) in [6, 6.07) is 0. The first-order valence-corrected chi connectivity index (χ1v) is 4.95. The molecule has 0 aromatic carbocycles. The first-order valence-electron chi connectivity index (χ1n) is 4.95. The van der Waals surface area contributed by atoms with Crippen LogP contribution in [0.1, 0.15) is 24.3 Å². The molecule has 1 aliphatic rings. The second-order valence-corrected chi connectivity index (χ2v) is 3.46. The van der Waals surface area contributed by atoms with Gasteiger partial charge in [-0.15, -0.1) is 0 Å². The van der Waals surface area contributed by atoms with E-state index in [0.29, 0.717) is 11.9 Å². The lowest BCUT2D eigenvalue weighted by Gasteiger charge is -2.21. The average Bonchev–Trinajstić information content (AvgIpc) is 2.32. The maximum atomic E-state index is 8.38. The Kier molecular flexibility index (Phi) is 3.10. The Balaban J connectivity index is 2.05. The van der Waals surface area contributed by atoms with E-state index in [4.69, 9.17) is 10.00 Å². The highest BCUT2D eigenvalue weighted by Gasteiger charge is 2.16. The summed E-state index contributed by atoms with van der Waals surface area (Å²) in [7, 11) is 0. The van der Waals surface area contributed by atoms with E-state index in [1.54, 1.807) is 18.6 Å². The van der Waals surface area contributed by atoms with Crippen LogP contribution in [-0.2, 0) is 4.74 Å². The Morgan fingerprint density at radius 1 is 1.33 bits per heavy atom. The number of rotatable bonds is 2. The highest BCUT2D eigenvalue weighted by Crippen LogP contribution is 2.25. The zero-order chi connectivity index (χ0) is 10.5. The molecule has 0 atom stereocenters. The molecule has 0 bridgehead atoms. The molecule has 0 spiro atoms. The van der Waals surface area contributed by atoms with Gasteiger partial charge in [-0.1, -0.05) is 0 Å². The van der Waals surface area contributed by atoms with Crippen molar-refractivity contribution in [2.45, 2.75) is 18.8 Å². The Morgan fingerprint density at radius 2 is 2.00 bits per heavy atom. The van der Waals surface area contributed by atoms with E-state index in [-0.39, 0.29) is 0 Å². The van der Waals surface area contributed by atoms with Crippen LogP contribution in [0.3, 0.4) is 0 Å². The zero-order valence-corrected chi connectivity index (χ0v) is 8.31. The first-order chi connectivity index (χ1) is 7.40. The highest BCUT2D eigenvalue weighted by atomic mass is 16.5. The van der Waals surface area contributed by atoms with Crippen LogP contribution < -0.4 is 5.32 Å². The van der Waals surface area contributed by atoms with Gasteiger partial charge in [-0.3, -0.25) is 5.32 Å². The van der Waals surface area contributed by atoms with Crippen LogP contribution in [0.15, 0.2) is 12.4 Å². The summed E-state index contributed by atoms with van der Waals surface area (Å²) in [4.78, 5) is 8.12. The van der Waals surface area contributed by atoms with Gasteiger partial charge in [0.2, 0.25) is 5.95 Å². The predicted molar refractivity (Wildman–Crippen MR) is 54.1 cm³/mol. The van der Waals surface area contributed by atoms with Crippen molar-refractivity contribution >= 4 is 5.95 Å². The lowest BCUT2D eigenvalue weighted by molar-refractivity contribution is 0.0852. The molecule has 1 N–H and O–H groups in total. The Hall–Kier alpha value is -1.67. The van der Waals surface area contributed by atoms with E-state index in [0.717, 1.165) is 31.6 Å². The fourth-order valence-electron chi connectivity index (χ4n) is 1.69. The van der Waals surface area contributed by atoms with E-state index in [1.165, 1.54) is 0 Å². The first kappa shape index (κ1) is 9.87. The third-order valence-corrected chi connectivity index (χ3v) is 2.53. The molecular weight excluding hydrogens is 192 g/mol. The highest BCUT2D eigenvalue weighted by molar-refractivity contribution is 5.30. The van der Waals surface area contributed by atoms with Gasteiger partial charge in [-0.2, -0.15) is 5.26 Å². The number of anilines is 1. The van der Waals surface area contributed by atoms with Crippen LogP contribution in [0, 0.1) is 11.5 Å². The second-order valence-electron chi connectivity index (χ2n) is 3.46. The third-order valence-electron chi connectivity index (χ3n) is 2.53. The van der Waals surface area contributed by atoms with E-state index in [1.807, 2.05) is 0 Å². The van der Waals surface area contributed by atoms with Gasteiger partial charge in [-0.25, -0.2) is 9.97 Å². The normalized spacial score (nSPS) is 17.0. The molecule has 1 aliphatic heterocycles. The number of aromatic nitrogens is 2. The minimum Gasteiger partial charge on any atom is -0.381 e. The molecule has 1 fully saturated rings. The van der Waals surface area contributed by atoms with Crippen LogP contribution in [0.2, 0.25) is 0 Å². The Morgan fingerprint density at radius 3 is 2.60 bits per heavy atom. The summed E-state index contributed by atoms with van der Waals surface area (Å²) < 4.78 is 5.29. The molecule has 5 heteroatoms. The van der Waals surface area contributed by atoms with Gasteiger partial charge < -0.3 is 4.74 Å². The largest absolute Gasteiger partial charge is 0.381 e. The predicted octanol–water partition coefficient (Wildman–Crippen LogP) is 1.26. The van der Waals surface area contributed by atoms with Gasteiger partial charge in [0.05, 0.1) is 0 Å². The maximum absolute atomic E-state index is 8.38. The molecule has 0 radical (unpaired) electrons. The van der Waals surface area contributed by atoms with Crippen LogP contribution >= 0.6 is 0 Å². The van der Waals surface area contributed by atoms with Gasteiger partial charge in [0.1, 0.15) is 0 Å². The number of nitrogens with zero attached hydrogens (tertiary/aromatic N) is 3. The smallest absolute Gasteiger partial charge is 0.236 e. The Bertz CT molecular complexity index is 351. The molecule has 1 saturated heterocycles. The minimum atomic E-state index is 0.355. The van der Waals surface area contributed by atoms with E-state index >= 15 is 0 Å². The molecular formula is C10H12N4O. The zero-order valence-electron chi connectivity index (χ0n) is 8.31. The average molecular weight is 204 g/mol. The summed E-state index contributed by atoms with van der Waals surface area (Å²) in [6.45, 7) is 1.62. The topological polar surface area (TPSA) is 70.8 Å². The van der Waals surface area contributed by atoms with Crippen LogP contribution in [0.25, 0.3) is 0 Å². The van der Waals surface area contributed by atoms with Crippen molar-refractivity contribution in [3.05, 3.63) is 18.0 Å². The fourth-order valence-corrected chi connectivity index (χ4v) is 1.69.